The van der Waals surface area contributed by atoms with Gasteiger partial charge >= 0.3 is 6.03 Å². The molecular weight excluding hydrogens is 188 g/mol. The second-order valence-electron chi connectivity index (χ2n) is 4.07. The standard InChI is InChI=1S/C12H26N2O/c1-4-6-8-10-13-12(15)14(3)11-9-7-5-2/h4-11H2,1-3H3,(H,13,15). The van der Waals surface area contributed by atoms with E-state index in [-0.39, 0.29) is 6.03 Å². The van der Waals surface area contributed by atoms with Crippen LogP contribution in [0.3, 0.4) is 0 Å². The van der Waals surface area contributed by atoms with Crippen molar-refractivity contribution in [3.05, 3.63) is 0 Å². The van der Waals surface area contributed by atoms with Crippen LogP contribution >= 0.6 is 0 Å². The molecule has 0 aliphatic heterocycles. The van der Waals surface area contributed by atoms with Gasteiger partial charge in [-0.25, -0.2) is 4.79 Å². The largest absolute Gasteiger partial charge is 0.338 e. The summed E-state index contributed by atoms with van der Waals surface area (Å²) < 4.78 is 0. The molecule has 3 heteroatoms. The smallest absolute Gasteiger partial charge is 0.317 e. The first-order valence-electron chi connectivity index (χ1n) is 6.21. The van der Waals surface area contributed by atoms with Crippen LogP contribution in [0.5, 0.6) is 0 Å². The minimum Gasteiger partial charge on any atom is -0.338 e. The number of carbonyl (C=O) groups is 1. The van der Waals surface area contributed by atoms with Gasteiger partial charge in [-0.1, -0.05) is 39.5 Å². The Morgan fingerprint density at radius 2 is 1.67 bits per heavy atom. The molecule has 0 aromatic heterocycles. The third-order valence-corrected chi connectivity index (χ3v) is 2.50. The molecular formula is C12H26N2O. The summed E-state index contributed by atoms with van der Waals surface area (Å²) in [5.41, 5.74) is 0. The fraction of sp³-hybridized carbons (Fsp3) is 0.917. The Morgan fingerprint density at radius 3 is 2.27 bits per heavy atom. The molecule has 15 heavy (non-hydrogen) atoms. The molecule has 0 unspecified atom stereocenters. The van der Waals surface area contributed by atoms with E-state index in [9.17, 15) is 4.79 Å². The molecule has 0 aliphatic rings. The fourth-order valence-electron chi connectivity index (χ4n) is 1.41. The second-order valence-corrected chi connectivity index (χ2v) is 4.07. The SMILES string of the molecule is CCCCCNC(=O)N(C)CCCCC. The van der Waals surface area contributed by atoms with Crippen molar-refractivity contribution in [3.8, 4) is 0 Å². The van der Waals surface area contributed by atoms with Gasteiger partial charge in [0.2, 0.25) is 0 Å². The van der Waals surface area contributed by atoms with Crippen molar-refractivity contribution in [3.63, 3.8) is 0 Å². The van der Waals surface area contributed by atoms with E-state index in [1.54, 1.807) is 4.90 Å². The number of amides is 2. The zero-order valence-corrected chi connectivity index (χ0v) is 10.5. The lowest BCUT2D eigenvalue weighted by Gasteiger charge is -2.17. The highest BCUT2D eigenvalue weighted by molar-refractivity contribution is 5.73. The predicted octanol–water partition coefficient (Wildman–Crippen LogP) is 3.01. The molecule has 0 aliphatic carbocycles. The average Bonchev–Trinajstić information content (AvgIpc) is 2.24. The van der Waals surface area contributed by atoms with E-state index in [0.29, 0.717) is 0 Å². The fourth-order valence-corrected chi connectivity index (χ4v) is 1.41. The third kappa shape index (κ3) is 8.28. The number of nitrogens with one attached hydrogen (secondary N) is 1. The quantitative estimate of drug-likeness (QED) is 0.619. The molecule has 0 aromatic rings. The van der Waals surface area contributed by atoms with Crippen molar-refractivity contribution >= 4 is 6.03 Å². The zero-order chi connectivity index (χ0) is 11.5. The minimum atomic E-state index is 0.0715. The van der Waals surface area contributed by atoms with E-state index in [4.69, 9.17) is 0 Å². The number of hydrogen-bond donors (Lipinski definition) is 1. The minimum absolute atomic E-state index is 0.0715. The number of nitrogens with zero attached hydrogens (tertiary/aromatic N) is 1. The van der Waals surface area contributed by atoms with Crippen molar-refractivity contribution < 1.29 is 4.79 Å². The molecule has 0 rings (SSSR count). The molecule has 0 spiro atoms. The first-order chi connectivity index (χ1) is 7.22. The molecule has 0 atom stereocenters. The Hall–Kier alpha value is -0.730. The maximum atomic E-state index is 11.5. The van der Waals surface area contributed by atoms with Crippen LogP contribution in [0.4, 0.5) is 4.79 Å². The number of rotatable bonds is 8. The maximum Gasteiger partial charge on any atom is 0.317 e. The Morgan fingerprint density at radius 1 is 1.07 bits per heavy atom. The summed E-state index contributed by atoms with van der Waals surface area (Å²) in [6, 6.07) is 0.0715. The van der Waals surface area contributed by atoms with Crippen molar-refractivity contribution in [1.82, 2.24) is 10.2 Å². The monoisotopic (exact) mass is 214 g/mol. The summed E-state index contributed by atoms with van der Waals surface area (Å²) in [6.07, 6.45) is 6.99. The first kappa shape index (κ1) is 14.3. The maximum absolute atomic E-state index is 11.5. The van der Waals surface area contributed by atoms with Crippen LogP contribution < -0.4 is 5.32 Å². The van der Waals surface area contributed by atoms with Crippen LogP contribution in [-0.2, 0) is 0 Å². The number of hydrogen-bond acceptors (Lipinski definition) is 1. The second kappa shape index (κ2) is 9.81. The molecule has 0 saturated heterocycles. The lowest BCUT2D eigenvalue weighted by atomic mass is 10.2. The summed E-state index contributed by atoms with van der Waals surface area (Å²) in [4.78, 5) is 13.3. The molecule has 2 amide bonds. The van der Waals surface area contributed by atoms with Gasteiger partial charge in [0.25, 0.3) is 0 Å². The third-order valence-electron chi connectivity index (χ3n) is 2.50. The van der Waals surface area contributed by atoms with Crippen LogP contribution in [0.2, 0.25) is 0 Å². The highest BCUT2D eigenvalue weighted by Gasteiger charge is 2.05. The van der Waals surface area contributed by atoms with Gasteiger partial charge in [-0.3, -0.25) is 0 Å². The van der Waals surface area contributed by atoms with Crippen molar-refractivity contribution in [2.45, 2.75) is 52.4 Å². The highest BCUT2D eigenvalue weighted by Crippen LogP contribution is 1.97. The molecule has 0 aromatic carbocycles. The Labute approximate surface area is 94.2 Å². The van der Waals surface area contributed by atoms with Crippen LogP contribution in [0, 0.1) is 0 Å². The van der Waals surface area contributed by atoms with Gasteiger partial charge in [0.05, 0.1) is 0 Å². The van der Waals surface area contributed by atoms with Crippen LogP contribution in [0.15, 0.2) is 0 Å². The van der Waals surface area contributed by atoms with E-state index in [1.165, 1.54) is 25.7 Å². The zero-order valence-electron chi connectivity index (χ0n) is 10.5. The summed E-state index contributed by atoms with van der Waals surface area (Å²) in [5, 5.41) is 2.93. The topological polar surface area (TPSA) is 32.3 Å². The molecule has 0 fully saturated rings. The van der Waals surface area contributed by atoms with Crippen LogP contribution in [0.1, 0.15) is 52.4 Å². The molecule has 0 bridgehead atoms. The van der Waals surface area contributed by atoms with Crippen LogP contribution in [-0.4, -0.2) is 31.1 Å². The summed E-state index contributed by atoms with van der Waals surface area (Å²) in [6.45, 7) is 6.02. The number of carbonyl (C=O) groups excluding carboxylic acids is 1. The van der Waals surface area contributed by atoms with E-state index in [2.05, 4.69) is 19.2 Å². The highest BCUT2D eigenvalue weighted by atomic mass is 16.2. The molecule has 3 nitrogen and oxygen atoms in total. The lowest BCUT2D eigenvalue weighted by Crippen LogP contribution is -2.38. The molecule has 90 valence electrons. The molecule has 1 N–H and O–H groups in total. The van der Waals surface area contributed by atoms with E-state index < -0.39 is 0 Å². The van der Waals surface area contributed by atoms with Gasteiger partial charge in [-0.05, 0) is 12.8 Å². The van der Waals surface area contributed by atoms with Crippen molar-refractivity contribution in [2.75, 3.05) is 20.1 Å². The Bertz CT molecular complexity index is 160. The Kier molecular flexibility index (Phi) is 9.33. The van der Waals surface area contributed by atoms with E-state index in [0.717, 1.165) is 25.9 Å². The Balaban J connectivity index is 3.42. The van der Waals surface area contributed by atoms with Gasteiger partial charge in [-0.15, -0.1) is 0 Å². The summed E-state index contributed by atoms with van der Waals surface area (Å²) in [5.74, 6) is 0. The lowest BCUT2D eigenvalue weighted by molar-refractivity contribution is 0.207. The van der Waals surface area contributed by atoms with Crippen LogP contribution in [0.25, 0.3) is 0 Å². The van der Waals surface area contributed by atoms with Gasteiger partial charge in [0, 0.05) is 20.1 Å². The summed E-state index contributed by atoms with van der Waals surface area (Å²) in [7, 11) is 1.87. The average molecular weight is 214 g/mol. The predicted molar refractivity (Wildman–Crippen MR) is 65.1 cm³/mol. The molecule has 0 radical (unpaired) electrons. The van der Waals surface area contributed by atoms with Crippen molar-refractivity contribution in [2.24, 2.45) is 0 Å². The van der Waals surface area contributed by atoms with Gasteiger partial charge in [-0.2, -0.15) is 0 Å². The molecule has 0 saturated carbocycles. The molecule has 0 heterocycles. The summed E-state index contributed by atoms with van der Waals surface area (Å²) >= 11 is 0. The van der Waals surface area contributed by atoms with E-state index >= 15 is 0 Å². The van der Waals surface area contributed by atoms with Gasteiger partial charge < -0.3 is 10.2 Å². The first-order valence-corrected chi connectivity index (χ1v) is 6.21. The van der Waals surface area contributed by atoms with Crippen molar-refractivity contribution in [1.29, 1.82) is 0 Å². The number of urea groups is 1. The van der Waals surface area contributed by atoms with Gasteiger partial charge in [0.15, 0.2) is 0 Å². The van der Waals surface area contributed by atoms with E-state index in [1.807, 2.05) is 7.05 Å². The number of unbranched alkanes of at least 4 members (excludes halogenated alkanes) is 4. The van der Waals surface area contributed by atoms with Gasteiger partial charge in [0.1, 0.15) is 0 Å². The normalized spacial score (nSPS) is 10.1.